The number of thioether (sulfide) groups is 1. The molecule has 2 saturated heterocycles. The first-order valence-corrected chi connectivity index (χ1v) is 7.86. The van der Waals surface area contributed by atoms with E-state index in [0.717, 1.165) is 31.8 Å². The molecule has 18 heavy (non-hydrogen) atoms. The van der Waals surface area contributed by atoms with Crippen molar-refractivity contribution >= 4 is 30.1 Å². The Hall–Kier alpha value is 0.0700. The number of carbonyl (C=O) groups excluding carboxylic acids is 1. The molecule has 0 saturated carbocycles. The molecule has 3 nitrogen and oxygen atoms in total. The normalized spacial score (nSPS) is 32.8. The standard InChI is InChI=1S/C13H24N2OS.ClH/c1-3-11-10-15(8-9-17-11)12(16)13(2)6-4-5-7-14-13;/h11,14H,3-10H2,1-2H3;1H. The van der Waals surface area contributed by atoms with Gasteiger partial charge in [0.1, 0.15) is 0 Å². The van der Waals surface area contributed by atoms with Gasteiger partial charge in [0.2, 0.25) is 5.91 Å². The summed E-state index contributed by atoms with van der Waals surface area (Å²) < 4.78 is 0. The van der Waals surface area contributed by atoms with Crippen LogP contribution in [0.5, 0.6) is 0 Å². The topological polar surface area (TPSA) is 32.3 Å². The molecule has 0 aromatic rings. The van der Waals surface area contributed by atoms with Gasteiger partial charge in [-0.05, 0) is 39.2 Å². The number of nitrogens with zero attached hydrogens (tertiary/aromatic N) is 1. The third-order valence-electron chi connectivity index (χ3n) is 3.97. The molecule has 2 fully saturated rings. The summed E-state index contributed by atoms with van der Waals surface area (Å²) in [4.78, 5) is 14.7. The first-order chi connectivity index (χ1) is 8.15. The van der Waals surface area contributed by atoms with Crippen LogP contribution in [0.2, 0.25) is 0 Å². The molecule has 5 heteroatoms. The van der Waals surface area contributed by atoms with Crippen molar-refractivity contribution in [2.45, 2.75) is 50.3 Å². The lowest BCUT2D eigenvalue weighted by Gasteiger charge is -2.41. The van der Waals surface area contributed by atoms with E-state index in [0.29, 0.717) is 11.2 Å². The Bertz CT molecular complexity index is 282. The highest BCUT2D eigenvalue weighted by Gasteiger charge is 2.38. The summed E-state index contributed by atoms with van der Waals surface area (Å²) in [6.45, 7) is 7.15. The molecule has 2 aliphatic heterocycles. The van der Waals surface area contributed by atoms with E-state index in [1.54, 1.807) is 0 Å². The third-order valence-corrected chi connectivity index (χ3v) is 5.34. The zero-order valence-corrected chi connectivity index (χ0v) is 13.0. The highest BCUT2D eigenvalue weighted by Crippen LogP contribution is 2.26. The van der Waals surface area contributed by atoms with Crippen LogP contribution in [0.25, 0.3) is 0 Å². The maximum Gasteiger partial charge on any atom is 0.242 e. The molecule has 106 valence electrons. The Morgan fingerprint density at radius 1 is 1.50 bits per heavy atom. The molecule has 0 aliphatic carbocycles. The first-order valence-electron chi connectivity index (χ1n) is 6.82. The summed E-state index contributed by atoms with van der Waals surface area (Å²) in [5.74, 6) is 1.43. The van der Waals surface area contributed by atoms with Gasteiger partial charge < -0.3 is 10.2 Å². The maximum absolute atomic E-state index is 12.6. The minimum Gasteiger partial charge on any atom is -0.339 e. The van der Waals surface area contributed by atoms with E-state index < -0.39 is 0 Å². The van der Waals surface area contributed by atoms with Crippen LogP contribution in [-0.4, -0.2) is 47.0 Å². The second kappa shape index (κ2) is 7.01. The van der Waals surface area contributed by atoms with Gasteiger partial charge in [-0.3, -0.25) is 4.79 Å². The lowest BCUT2D eigenvalue weighted by atomic mass is 9.89. The maximum atomic E-state index is 12.6. The molecule has 0 radical (unpaired) electrons. The quantitative estimate of drug-likeness (QED) is 0.848. The monoisotopic (exact) mass is 292 g/mol. The largest absolute Gasteiger partial charge is 0.339 e. The second-order valence-corrected chi connectivity index (χ2v) is 6.78. The number of rotatable bonds is 2. The van der Waals surface area contributed by atoms with Crippen molar-refractivity contribution in [2.24, 2.45) is 0 Å². The lowest BCUT2D eigenvalue weighted by Crippen LogP contribution is -2.59. The predicted molar refractivity (Wildman–Crippen MR) is 80.6 cm³/mol. The Kier molecular flexibility index (Phi) is 6.28. The second-order valence-electron chi connectivity index (χ2n) is 5.37. The molecular formula is C13H25ClN2OS. The van der Waals surface area contributed by atoms with E-state index in [2.05, 4.69) is 24.1 Å². The summed E-state index contributed by atoms with van der Waals surface area (Å²) in [7, 11) is 0. The van der Waals surface area contributed by atoms with Gasteiger partial charge in [0, 0.05) is 24.1 Å². The zero-order valence-electron chi connectivity index (χ0n) is 11.4. The van der Waals surface area contributed by atoms with Crippen molar-refractivity contribution in [1.29, 1.82) is 0 Å². The molecule has 1 N–H and O–H groups in total. The van der Waals surface area contributed by atoms with E-state index in [1.807, 2.05) is 11.8 Å². The average Bonchev–Trinajstić information content (AvgIpc) is 2.39. The Morgan fingerprint density at radius 2 is 2.28 bits per heavy atom. The van der Waals surface area contributed by atoms with E-state index in [9.17, 15) is 4.79 Å². The molecule has 2 atom stereocenters. The molecule has 0 spiro atoms. The van der Waals surface area contributed by atoms with Gasteiger partial charge in [0.15, 0.2) is 0 Å². The van der Waals surface area contributed by atoms with Gasteiger partial charge >= 0.3 is 0 Å². The van der Waals surface area contributed by atoms with Crippen molar-refractivity contribution in [3.05, 3.63) is 0 Å². The number of hydrogen-bond donors (Lipinski definition) is 1. The number of nitrogens with one attached hydrogen (secondary N) is 1. The van der Waals surface area contributed by atoms with Gasteiger partial charge in [0.05, 0.1) is 5.54 Å². The van der Waals surface area contributed by atoms with E-state index in [4.69, 9.17) is 0 Å². The summed E-state index contributed by atoms with van der Waals surface area (Å²) in [5.41, 5.74) is -0.293. The lowest BCUT2D eigenvalue weighted by molar-refractivity contribution is -0.138. The molecule has 2 aliphatic rings. The number of amides is 1. The van der Waals surface area contributed by atoms with Crippen molar-refractivity contribution in [1.82, 2.24) is 10.2 Å². The van der Waals surface area contributed by atoms with Crippen LogP contribution >= 0.6 is 24.2 Å². The summed E-state index contributed by atoms with van der Waals surface area (Å²) in [6, 6.07) is 0. The highest BCUT2D eigenvalue weighted by atomic mass is 35.5. The van der Waals surface area contributed by atoms with E-state index >= 15 is 0 Å². The fourth-order valence-electron chi connectivity index (χ4n) is 2.74. The molecule has 2 unspecified atom stereocenters. The van der Waals surface area contributed by atoms with Gasteiger partial charge in [0.25, 0.3) is 0 Å². The number of hydrogen-bond acceptors (Lipinski definition) is 3. The highest BCUT2D eigenvalue weighted by molar-refractivity contribution is 8.00. The van der Waals surface area contributed by atoms with E-state index in [-0.39, 0.29) is 17.9 Å². The summed E-state index contributed by atoms with van der Waals surface area (Å²) in [6.07, 6.45) is 4.54. The van der Waals surface area contributed by atoms with Crippen LogP contribution in [0, 0.1) is 0 Å². The van der Waals surface area contributed by atoms with Gasteiger partial charge in [-0.15, -0.1) is 12.4 Å². The van der Waals surface area contributed by atoms with Crippen LogP contribution in [0.1, 0.15) is 39.5 Å². The van der Waals surface area contributed by atoms with Crippen LogP contribution in [0.15, 0.2) is 0 Å². The first kappa shape index (κ1) is 16.1. The summed E-state index contributed by atoms with van der Waals surface area (Å²) in [5, 5.41) is 4.07. The van der Waals surface area contributed by atoms with E-state index in [1.165, 1.54) is 19.3 Å². The van der Waals surface area contributed by atoms with Crippen LogP contribution in [0.3, 0.4) is 0 Å². The van der Waals surface area contributed by atoms with Gasteiger partial charge in [-0.25, -0.2) is 0 Å². The Morgan fingerprint density at radius 3 is 2.89 bits per heavy atom. The third kappa shape index (κ3) is 3.55. The van der Waals surface area contributed by atoms with Crippen molar-refractivity contribution in [2.75, 3.05) is 25.4 Å². The number of halogens is 1. The zero-order chi connectivity index (χ0) is 12.3. The Labute approximate surface area is 121 Å². The molecule has 0 bridgehead atoms. The van der Waals surface area contributed by atoms with Crippen molar-refractivity contribution in [3.63, 3.8) is 0 Å². The Balaban J connectivity index is 0.00000162. The molecular weight excluding hydrogens is 268 g/mol. The molecule has 0 aromatic carbocycles. The van der Waals surface area contributed by atoms with Crippen molar-refractivity contribution < 1.29 is 4.79 Å². The fourth-order valence-corrected chi connectivity index (χ4v) is 3.92. The molecule has 2 rings (SSSR count). The molecule has 2 heterocycles. The van der Waals surface area contributed by atoms with Crippen LogP contribution in [-0.2, 0) is 4.79 Å². The smallest absolute Gasteiger partial charge is 0.242 e. The number of carbonyl (C=O) groups is 1. The average molecular weight is 293 g/mol. The van der Waals surface area contributed by atoms with Gasteiger partial charge in [-0.1, -0.05) is 6.92 Å². The number of piperidine rings is 1. The van der Waals surface area contributed by atoms with Gasteiger partial charge in [-0.2, -0.15) is 11.8 Å². The molecule has 0 aromatic heterocycles. The SMILES string of the molecule is CCC1CN(C(=O)C2(C)CCCCN2)CCS1.Cl. The minimum atomic E-state index is -0.293. The minimum absolute atomic E-state index is 0. The van der Waals surface area contributed by atoms with Crippen LogP contribution in [0.4, 0.5) is 0 Å². The van der Waals surface area contributed by atoms with Crippen molar-refractivity contribution in [3.8, 4) is 0 Å². The molecule has 1 amide bonds. The fraction of sp³-hybridized carbons (Fsp3) is 0.923. The summed E-state index contributed by atoms with van der Waals surface area (Å²) >= 11 is 2.02. The predicted octanol–water partition coefficient (Wildman–Crippen LogP) is 2.29. The van der Waals surface area contributed by atoms with Crippen LogP contribution < -0.4 is 5.32 Å².